The highest BCUT2D eigenvalue weighted by Gasteiger charge is 2.20. The van der Waals surface area contributed by atoms with E-state index in [0.29, 0.717) is 0 Å². The lowest BCUT2D eigenvalue weighted by molar-refractivity contribution is 0.394. The SMILES string of the molecule is COc1ccc(OC)c(C(NN)c2cc(Br)ccc2C)c1. The minimum absolute atomic E-state index is 0.187. The first-order valence-electron chi connectivity index (χ1n) is 6.54. The molecular formula is C16H19BrN2O2. The first-order valence-corrected chi connectivity index (χ1v) is 7.34. The van der Waals surface area contributed by atoms with Crippen LogP contribution in [0.5, 0.6) is 11.5 Å². The summed E-state index contributed by atoms with van der Waals surface area (Å²) >= 11 is 3.51. The molecular weight excluding hydrogens is 332 g/mol. The Morgan fingerprint density at radius 1 is 1.05 bits per heavy atom. The molecule has 21 heavy (non-hydrogen) atoms. The van der Waals surface area contributed by atoms with Crippen LogP contribution in [0.4, 0.5) is 0 Å². The molecule has 0 aliphatic heterocycles. The van der Waals surface area contributed by atoms with Crippen molar-refractivity contribution in [3.8, 4) is 11.5 Å². The van der Waals surface area contributed by atoms with Crippen LogP contribution in [0, 0.1) is 6.92 Å². The van der Waals surface area contributed by atoms with E-state index in [1.54, 1.807) is 14.2 Å². The number of hydrogen-bond donors (Lipinski definition) is 2. The van der Waals surface area contributed by atoms with Gasteiger partial charge in [-0.15, -0.1) is 0 Å². The van der Waals surface area contributed by atoms with Gasteiger partial charge in [0.05, 0.1) is 20.3 Å². The number of aryl methyl sites for hydroxylation is 1. The molecule has 0 aliphatic carbocycles. The zero-order chi connectivity index (χ0) is 15.4. The van der Waals surface area contributed by atoms with E-state index in [1.807, 2.05) is 24.3 Å². The second-order valence-electron chi connectivity index (χ2n) is 4.71. The van der Waals surface area contributed by atoms with E-state index in [2.05, 4.69) is 40.4 Å². The number of nitrogens with one attached hydrogen (secondary N) is 1. The lowest BCUT2D eigenvalue weighted by Crippen LogP contribution is -2.29. The van der Waals surface area contributed by atoms with E-state index < -0.39 is 0 Å². The van der Waals surface area contributed by atoms with Gasteiger partial charge in [0.2, 0.25) is 0 Å². The first kappa shape index (κ1) is 15.8. The summed E-state index contributed by atoms with van der Waals surface area (Å²) in [5.41, 5.74) is 6.03. The molecule has 0 spiro atoms. The molecule has 0 aromatic heterocycles. The maximum Gasteiger partial charge on any atom is 0.124 e. The van der Waals surface area contributed by atoms with E-state index in [0.717, 1.165) is 32.7 Å². The van der Waals surface area contributed by atoms with Crippen molar-refractivity contribution in [1.82, 2.24) is 5.43 Å². The highest BCUT2D eigenvalue weighted by Crippen LogP contribution is 2.34. The van der Waals surface area contributed by atoms with Crippen LogP contribution in [0.15, 0.2) is 40.9 Å². The Balaban J connectivity index is 2.57. The fourth-order valence-corrected chi connectivity index (χ4v) is 2.71. The van der Waals surface area contributed by atoms with E-state index in [-0.39, 0.29) is 6.04 Å². The fourth-order valence-electron chi connectivity index (χ4n) is 2.33. The van der Waals surface area contributed by atoms with Crippen LogP contribution in [0.3, 0.4) is 0 Å². The highest BCUT2D eigenvalue weighted by atomic mass is 79.9. The Bertz CT molecular complexity index is 632. The topological polar surface area (TPSA) is 56.5 Å². The quantitative estimate of drug-likeness (QED) is 0.641. The summed E-state index contributed by atoms with van der Waals surface area (Å²) < 4.78 is 11.8. The highest BCUT2D eigenvalue weighted by molar-refractivity contribution is 9.10. The smallest absolute Gasteiger partial charge is 0.124 e. The number of hydrogen-bond acceptors (Lipinski definition) is 4. The molecule has 4 nitrogen and oxygen atoms in total. The molecule has 0 aliphatic rings. The molecule has 3 N–H and O–H groups in total. The molecule has 0 bridgehead atoms. The maximum atomic E-state index is 5.81. The third kappa shape index (κ3) is 3.37. The van der Waals surface area contributed by atoms with Gasteiger partial charge in [-0.2, -0.15) is 0 Å². The second kappa shape index (κ2) is 6.93. The normalized spacial score (nSPS) is 12.0. The van der Waals surface area contributed by atoms with Crippen molar-refractivity contribution in [2.45, 2.75) is 13.0 Å². The zero-order valence-corrected chi connectivity index (χ0v) is 13.9. The van der Waals surface area contributed by atoms with Gasteiger partial charge in [-0.25, -0.2) is 5.43 Å². The van der Waals surface area contributed by atoms with Crippen LogP contribution < -0.4 is 20.7 Å². The van der Waals surface area contributed by atoms with Gasteiger partial charge in [-0.05, 0) is 48.4 Å². The van der Waals surface area contributed by atoms with Gasteiger partial charge >= 0.3 is 0 Å². The van der Waals surface area contributed by atoms with Crippen molar-refractivity contribution in [3.05, 3.63) is 57.6 Å². The molecule has 5 heteroatoms. The average Bonchev–Trinajstić information content (AvgIpc) is 2.51. The third-order valence-electron chi connectivity index (χ3n) is 3.47. The number of ether oxygens (including phenoxy) is 2. The zero-order valence-electron chi connectivity index (χ0n) is 12.3. The summed E-state index contributed by atoms with van der Waals surface area (Å²) in [5, 5.41) is 0. The summed E-state index contributed by atoms with van der Waals surface area (Å²) in [5.74, 6) is 7.33. The Labute approximate surface area is 133 Å². The number of halogens is 1. The van der Waals surface area contributed by atoms with Crippen LogP contribution in [0.1, 0.15) is 22.7 Å². The number of nitrogens with two attached hydrogens (primary N) is 1. The Morgan fingerprint density at radius 2 is 1.81 bits per heavy atom. The van der Waals surface area contributed by atoms with E-state index in [1.165, 1.54) is 0 Å². The van der Waals surface area contributed by atoms with Gasteiger partial charge in [0, 0.05) is 10.0 Å². The average molecular weight is 351 g/mol. The number of hydrazine groups is 1. The van der Waals surface area contributed by atoms with Crippen LogP contribution in [0.25, 0.3) is 0 Å². The van der Waals surface area contributed by atoms with E-state index >= 15 is 0 Å². The summed E-state index contributed by atoms with van der Waals surface area (Å²) in [4.78, 5) is 0. The summed E-state index contributed by atoms with van der Waals surface area (Å²) in [6.07, 6.45) is 0. The summed E-state index contributed by atoms with van der Waals surface area (Å²) in [6, 6.07) is 11.6. The molecule has 0 amide bonds. The van der Waals surface area contributed by atoms with Crippen LogP contribution in [-0.2, 0) is 0 Å². The van der Waals surface area contributed by atoms with Crippen LogP contribution in [0.2, 0.25) is 0 Å². The molecule has 0 saturated carbocycles. The standard InChI is InChI=1S/C16H19BrN2O2/c1-10-4-5-11(17)8-13(10)16(19-18)14-9-12(20-2)6-7-15(14)21-3/h4-9,16,19H,18H2,1-3H3. The lowest BCUT2D eigenvalue weighted by Gasteiger charge is -2.22. The van der Waals surface area contributed by atoms with Crippen LogP contribution >= 0.6 is 15.9 Å². The molecule has 0 saturated heterocycles. The number of benzene rings is 2. The predicted molar refractivity (Wildman–Crippen MR) is 87.6 cm³/mol. The molecule has 1 unspecified atom stereocenters. The Morgan fingerprint density at radius 3 is 2.43 bits per heavy atom. The molecule has 0 heterocycles. The Kier molecular flexibility index (Phi) is 5.22. The van der Waals surface area contributed by atoms with Crippen molar-refractivity contribution >= 4 is 15.9 Å². The summed E-state index contributed by atoms with van der Waals surface area (Å²) in [6.45, 7) is 2.05. The lowest BCUT2D eigenvalue weighted by atomic mass is 9.94. The molecule has 2 aromatic rings. The van der Waals surface area contributed by atoms with Crippen molar-refractivity contribution in [2.24, 2.45) is 5.84 Å². The largest absolute Gasteiger partial charge is 0.497 e. The van der Waals surface area contributed by atoms with Crippen molar-refractivity contribution in [2.75, 3.05) is 14.2 Å². The second-order valence-corrected chi connectivity index (χ2v) is 5.62. The predicted octanol–water partition coefficient (Wildman–Crippen LogP) is 3.33. The summed E-state index contributed by atoms with van der Waals surface area (Å²) in [7, 11) is 3.29. The molecule has 1 atom stereocenters. The van der Waals surface area contributed by atoms with Gasteiger partial charge in [0.15, 0.2) is 0 Å². The van der Waals surface area contributed by atoms with Gasteiger partial charge in [0.25, 0.3) is 0 Å². The molecule has 2 aromatic carbocycles. The Hall–Kier alpha value is -1.56. The van der Waals surface area contributed by atoms with E-state index in [9.17, 15) is 0 Å². The minimum Gasteiger partial charge on any atom is -0.497 e. The van der Waals surface area contributed by atoms with Crippen molar-refractivity contribution in [1.29, 1.82) is 0 Å². The van der Waals surface area contributed by atoms with Gasteiger partial charge < -0.3 is 9.47 Å². The number of rotatable bonds is 5. The van der Waals surface area contributed by atoms with Gasteiger partial charge in [-0.3, -0.25) is 5.84 Å². The van der Waals surface area contributed by atoms with E-state index in [4.69, 9.17) is 15.3 Å². The van der Waals surface area contributed by atoms with Crippen molar-refractivity contribution < 1.29 is 9.47 Å². The molecule has 0 fully saturated rings. The third-order valence-corrected chi connectivity index (χ3v) is 3.96. The molecule has 112 valence electrons. The first-order chi connectivity index (χ1) is 10.1. The van der Waals surface area contributed by atoms with Crippen LogP contribution in [-0.4, -0.2) is 14.2 Å². The monoisotopic (exact) mass is 350 g/mol. The van der Waals surface area contributed by atoms with Gasteiger partial charge in [-0.1, -0.05) is 22.0 Å². The van der Waals surface area contributed by atoms with Crippen molar-refractivity contribution in [3.63, 3.8) is 0 Å². The fraction of sp³-hybridized carbons (Fsp3) is 0.250. The molecule has 2 rings (SSSR count). The number of methoxy groups -OCH3 is 2. The minimum atomic E-state index is -0.187. The molecule has 0 radical (unpaired) electrons. The maximum absolute atomic E-state index is 5.81. The van der Waals surface area contributed by atoms with Gasteiger partial charge in [0.1, 0.15) is 11.5 Å².